The Hall–Kier alpha value is -0.320. The summed E-state index contributed by atoms with van der Waals surface area (Å²) in [5.74, 6) is 2.14. The minimum absolute atomic E-state index is 0.0142. The molecular weight excluding hydrogens is 296 g/mol. The molecule has 0 aromatic heterocycles. The number of fused-ring (bicyclic) bond motifs is 2. The van der Waals surface area contributed by atoms with Gasteiger partial charge >= 0.3 is 0 Å². The van der Waals surface area contributed by atoms with Crippen molar-refractivity contribution in [2.45, 2.75) is 32.0 Å². The zero-order valence-corrected chi connectivity index (χ0v) is 12.0. The summed E-state index contributed by atoms with van der Waals surface area (Å²) in [5.41, 5.74) is 0. The highest BCUT2D eigenvalue weighted by Crippen LogP contribution is 2.46. The molecule has 3 rings (SSSR count). The first kappa shape index (κ1) is 12.7. The highest BCUT2D eigenvalue weighted by atomic mass is 79.9. The molecule has 2 bridgehead atoms. The van der Waals surface area contributed by atoms with Gasteiger partial charge in [0.15, 0.2) is 6.29 Å². The van der Waals surface area contributed by atoms with Crippen LogP contribution in [0, 0.1) is 11.8 Å². The Kier molecular flexibility index (Phi) is 4.07. The van der Waals surface area contributed by atoms with Crippen LogP contribution in [0.2, 0.25) is 0 Å². The Bertz CT molecular complexity index is 358. The third kappa shape index (κ3) is 2.65. The van der Waals surface area contributed by atoms with Crippen molar-refractivity contribution in [2.75, 3.05) is 19.8 Å². The second-order valence-corrected chi connectivity index (χ2v) is 5.92. The van der Waals surface area contributed by atoms with Gasteiger partial charge in [0.25, 0.3) is 0 Å². The van der Waals surface area contributed by atoms with Gasteiger partial charge in [-0.2, -0.15) is 0 Å². The third-order valence-electron chi connectivity index (χ3n) is 3.76. The summed E-state index contributed by atoms with van der Waals surface area (Å²) in [6.45, 7) is 2.05. The molecule has 3 aliphatic rings. The molecular formula is C14H19BrO3. The SMILES string of the molecule is BrC1=C(OCCOC2CCCCO2)[C@@H]2C=C[C@H]1C2. The zero-order valence-electron chi connectivity index (χ0n) is 10.4. The third-order valence-corrected chi connectivity index (χ3v) is 4.74. The predicted molar refractivity (Wildman–Crippen MR) is 72.2 cm³/mol. The lowest BCUT2D eigenvalue weighted by molar-refractivity contribution is -0.167. The zero-order chi connectivity index (χ0) is 12.4. The van der Waals surface area contributed by atoms with Crippen LogP contribution in [0.3, 0.4) is 0 Å². The van der Waals surface area contributed by atoms with Crippen molar-refractivity contribution in [3.05, 3.63) is 22.4 Å². The van der Waals surface area contributed by atoms with Crippen molar-refractivity contribution >= 4 is 15.9 Å². The van der Waals surface area contributed by atoms with E-state index < -0.39 is 0 Å². The Morgan fingerprint density at radius 2 is 2.11 bits per heavy atom. The molecule has 0 amide bonds. The largest absolute Gasteiger partial charge is 0.494 e. The molecule has 0 spiro atoms. The van der Waals surface area contributed by atoms with Crippen LogP contribution >= 0.6 is 15.9 Å². The smallest absolute Gasteiger partial charge is 0.157 e. The number of halogens is 1. The van der Waals surface area contributed by atoms with Crippen LogP contribution in [-0.2, 0) is 14.2 Å². The first-order valence-corrected chi connectivity index (χ1v) is 7.58. The van der Waals surface area contributed by atoms with Crippen molar-refractivity contribution in [2.24, 2.45) is 11.8 Å². The molecule has 4 heteroatoms. The second kappa shape index (κ2) is 5.76. The van der Waals surface area contributed by atoms with E-state index >= 15 is 0 Å². The lowest BCUT2D eigenvalue weighted by atomic mass is 10.1. The summed E-state index contributed by atoms with van der Waals surface area (Å²) in [6.07, 6.45) is 9.04. The molecule has 0 aromatic carbocycles. The van der Waals surface area contributed by atoms with Gasteiger partial charge in [-0.05, 0) is 25.7 Å². The summed E-state index contributed by atoms with van der Waals surface area (Å²) < 4.78 is 18.2. The van der Waals surface area contributed by atoms with Crippen LogP contribution < -0.4 is 0 Å². The van der Waals surface area contributed by atoms with Crippen LogP contribution in [0.1, 0.15) is 25.7 Å². The fourth-order valence-electron chi connectivity index (χ4n) is 2.79. The molecule has 0 aromatic rings. The van der Waals surface area contributed by atoms with E-state index in [2.05, 4.69) is 28.1 Å². The lowest BCUT2D eigenvalue weighted by Crippen LogP contribution is -2.24. The fourth-order valence-corrected chi connectivity index (χ4v) is 3.54. The molecule has 1 unspecified atom stereocenters. The average molecular weight is 315 g/mol. The van der Waals surface area contributed by atoms with E-state index in [-0.39, 0.29) is 6.29 Å². The molecule has 1 heterocycles. The molecule has 1 aliphatic heterocycles. The summed E-state index contributed by atoms with van der Waals surface area (Å²) in [5, 5.41) is 0. The van der Waals surface area contributed by atoms with E-state index in [4.69, 9.17) is 14.2 Å². The number of hydrogen-bond acceptors (Lipinski definition) is 3. The molecule has 100 valence electrons. The van der Waals surface area contributed by atoms with Gasteiger partial charge in [0.2, 0.25) is 0 Å². The Morgan fingerprint density at radius 1 is 1.22 bits per heavy atom. The minimum Gasteiger partial charge on any atom is -0.494 e. The van der Waals surface area contributed by atoms with Gasteiger partial charge in [0, 0.05) is 22.9 Å². The maximum atomic E-state index is 5.84. The molecule has 0 N–H and O–H groups in total. The summed E-state index contributed by atoms with van der Waals surface area (Å²) >= 11 is 3.63. The normalized spacial score (nSPS) is 34.4. The van der Waals surface area contributed by atoms with Crippen LogP contribution in [0.25, 0.3) is 0 Å². The number of hydrogen-bond donors (Lipinski definition) is 0. The Labute approximate surface area is 116 Å². The molecule has 0 saturated carbocycles. The first-order chi connectivity index (χ1) is 8.84. The fraction of sp³-hybridized carbons (Fsp3) is 0.714. The highest BCUT2D eigenvalue weighted by Gasteiger charge is 2.35. The molecule has 2 aliphatic carbocycles. The van der Waals surface area contributed by atoms with Gasteiger partial charge in [0.1, 0.15) is 12.4 Å². The number of rotatable bonds is 5. The lowest BCUT2D eigenvalue weighted by Gasteiger charge is -2.23. The van der Waals surface area contributed by atoms with E-state index in [1.165, 1.54) is 17.3 Å². The van der Waals surface area contributed by atoms with Gasteiger partial charge in [-0.25, -0.2) is 0 Å². The summed E-state index contributed by atoms with van der Waals surface area (Å²) in [7, 11) is 0. The second-order valence-electron chi connectivity index (χ2n) is 5.06. The van der Waals surface area contributed by atoms with Crippen molar-refractivity contribution in [1.82, 2.24) is 0 Å². The van der Waals surface area contributed by atoms with E-state index in [1.807, 2.05) is 0 Å². The summed E-state index contributed by atoms with van der Waals surface area (Å²) in [4.78, 5) is 0. The quantitative estimate of drug-likeness (QED) is 0.575. The van der Waals surface area contributed by atoms with E-state index in [1.54, 1.807) is 0 Å². The van der Waals surface area contributed by atoms with Gasteiger partial charge in [-0.3, -0.25) is 0 Å². The molecule has 1 saturated heterocycles. The van der Waals surface area contributed by atoms with E-state index in [0.717, 1.165) is 25.2 Å². The van der Waals surface area contributed by atoms with Crippen LogP contribution in [0.5, 0.6) is 0 Å². The topological polar surface area (TPSA) is 27.7 Å². The van der Waals surface area contributed by atoms with Crippen molar-refractivity contribution in [1.29, 1.82) is 0 Å². The van der Waals surface area contributed by atoms with E-state index in [0.29, 0.717) is 25.0 Å². The van der Waals surface area contributed by atoms with Gasteiger partial charge < -0.3 is 14.2 Å². The van der Waals surface area contributed by atoms with Gasteiger partial charge in [-0.15, -0.1) is 0 Å². The van der Waals surface area contributed by atoms with Crippen LogP contribution in [-0.4, -0.2) is 26.1 Å². The Balaban J connectivity index is 1.38. The standard InChI is InChI=1S/C14H19BrO3/c15-13-10-4-5-11(9-10)14(13)18-8-7-17-12-3-1-2-6-16-12/h4-5,10-12H,1-3,6-9H2/t10-,11+,12?/m0/s1. The summed E-state index contributed by atoms with van der Waals surface area (Å²) in [6, 6.07) is 0. The molecule has 0 radical (unpaired) electrons. The minimum atomic E-state index is -0.0142. The molecule has 3 nitrogen and oxygen atoms in total. The highest BCUT2D eigenvalue weighted by molar-refractivity contribution is 9.11. The predicted octanol–water partition coefficient (Wildman–Crippen LogP) is 3.36. The van der Waals surface area contributed by atoms with E-state index in [9.17, 15) is 0 Å². The van der Waals surface area contributed by atoms with Crippen LogP contribution in [0.15, 0.2) is 22.4 Å². The molecule has 1 fully saturated rings. The van der Waals surface area contributed by atoms with Crippen molar-refractivity contribution < 1.29 is 14.2 Å². The monoisotopic (exact) mass is 314 g/mol. The number of ether oxygens (including phenoxy) is 3. The van der Waals surface area contributed by atoms with Gasteiger partial charge in [0.05, 0.1) is 6.61 Å². The first-order valence-electron chi connectivity index (χ1n) is 6.78. The number of allylic oxidation sites excluding steroid dienone is 3. The van der Waals surface area contributed by atoms with Crippen molar-refractivity contribution in [3.8, 4) is 0 Å². The molecule has 18 heavy (non-hydrogen) atoms. The maximum Gasteiger partial charge on any atom is 0.157 e. The average Bonchev–Trinajstić information content (AvgIpc) is 2.98. The maximum absolute atomic E-state index is 5.84. The van der Waals surface area contributed by atoms with Crippen LogP contribution in [0.4, 0.5) is 0 Å². The molecule has 3 atom stereocenters. The van der Waals surface area contributed by atoms with Crippen molar-refractivity contribution in [3.63, 3.8) is 0 Å². The van der Waals surface area contributed by atoms with Gasteiger partial charge in [-0.1, -0.05) is 28.1 Å². The Morgan fingerprint density at radius 3 is 2.83 bits per heavy atom.